The average molecular weight is 328 g/mol. The minimum atomic E-state index is -0.307. The molecule has 7 nitrogen and oxygen atoms in total. The summed E-state index contributed by atoms with van der Waals surface area (Å²) < 4.78 is 20.3. The van der Waals surface area contributed by atoms with Crippen LogP contribution in [0.5, 0.6) is 5.88 Å². The van der Waals surface area contributed by atoms with Crippen molar-refractivity contribution < 1.29 is 9.13 Å². The SMILES string of the molecule is CCC(C)Oc1cc(-n2cncn2)nc(Nc2ccc(F)cc2)n1. The molecule has 0 aliphatic rings. The number of ether oxygens (including phenoxy) is 1. The zero-order chi connectivity index (χ0) is 16.9. The topological polar surface area (TPSA) is 77.8 Å². The van der Waals surface area contributed by atoms with Crippen molar-refractivity contribution in [2.24, 2.45) is 0 Å². The molecule has 3 aromatic rings. The molecule has 0 fully saturated rings. The summed E-state index contributed by atoms with van der Waals surface area (Å²) in [7, 11) is 0. The van der Waals surface area contributed by atoms with Gasteiger partial charge in [-0.2, -0.15) is 15.1 Å². The summed E-state index contributed by atoms with van der Waals surface area (Å²) in [5.74, 6) is 0.964. The van der Waals surface area contributed by atoms with Gasteiger partial charge in [-0.15, -0.1) is 0 Å². The average Bonchev–Trinajstić information content (AvgIpc) is 3.11. The van der Waals surface area contributed by atoms with E-state index >= 15 is 0 Å². The van der Waals surface area contributed by atoms with Crippen molar-refractivity contribution in [1.29, 1.82) is 0 Å². The molecule has 2 heterocycles. The molecular formula is C16H17FN6O. The Kier molecular flexibility index (Phi) is 4.64. The molecule has 1 N–H and O–H groups in total. The molecule has 0 bridgehead atoms. The van der Waals surface area contributed by atoms with Gasteiger partial charge in [-0.25, -0.2) is 14.1 Å². The quantitative estimate of drug-likeness (QED) is 0.749. The van der Waals surface area contributed by atoms with Crippen molar-refractivity contribution in [3.63, 3.8) is 0 Å². The monoisotopic (exact) mass is 328 g/mol. The zero-order valence-corrected chi connectivity index (χ0v) is 13.3. The summed E-state index contributed by atoms with van der Waals surface area (Å²) in [5, 5.41) is 7.10. The van der Waals surface area contributed by atoms with E-state index in [9.17, 15) is 4.39 Å². The van der Waals surface area contributed by atoms with Gasteiger partial charge in [-0.05, 0) is 37.6 Å². The summed E-state index contributed by atoms with van der Waals surface area (Å²) in [6.45, 7) is 3.99. The minimum absolute atomic E-state index is 0.0159. The Morgan fingerprint density at radius 1 is 1.25 bits per heavy atom. The number of rotatable bonds is 6. The minimum Gasteiger partial charge on any atom is -0.474 e. The Balaban J connectivity index is 1.93. The fraction of sp³-hybridized carbons (Fsp3) is 0.250. The van der Waals surface area contributed by atoms with Gasteiger partial charge in [-0.1, -0.05) is 6.92 Å². The molecule has 0 saturated carbocycles. The second-order valence-electron chi connectivity index (χ2n) is 5.20. The van der Waals surface area contributed by atoms with Crippen LogP contribution in [-0.4, -0.2) is 30.8 Å². The molecule has 1 unspecified atom stereocenters. The highest BCUT2D eigenvalue weighted by atomic mass is 19.1. The first-order chi connectivity index (χ1) is 11.6. The van der Waals surface area contributed by atoms with Gasteiger partial charge in [0.25, 0.3) is 0 Å². The number of aromatic nitrogens is 5. The predicted octanol–water partition coefficient (Wildman–Crippen LogP) is 3.12. The Morgan fingerprint density at radius 3 is 2.71 bits per heavy atom. The zero-order valence-electron chi connectivity index (χ0n) is 13.3. The Hall–Kier alpha value is -3.03. The van der Waals surface area contributed by atoms with Crippen LogP contribution in [0.25, 0.3) is 5.82 Å². The fourth-order valence-corrected chi connectivity index (χ4v) is 1.92. The normalized spacial score (nSPS) is 12.0. The van der Waals surface area contributed by atoms with E-state index in [0.29, 0.717) is 23.3 Å². The van der Waals surface area contributed by atoms with Gasteiger partial charge in [0.15, 0.2) is 5.82 Å². The maximum Gasteiger partial charge on any atom is 0.232 e. The van der Waals surface area contributed by atoms with Crippen LogP contribution >= 0.6 is 0 Å². The molecule has 8 heteroatoms. The van der Waals surface area contributed by atoms with Crippen LogP contribution in [0, 0.1) is 5.82 Å². The summed E-state index contributed by atoms with van der Waals surface area (Å²) in [4.78, 5) is 12.7. The smallest absolute Gasteiger partial charge is 0.232 e. The van der Waals surface area contributed by atoms with Gasteiger partial charge < -0.3 is 10.1 Å². The highest BCUT2D eigenvalue weighted by Gasteiger charge is 2.10. The van der Waals surface area contributed by atoms with E-state index in [0.717, 1.165) is 6.42 Å². The molecule has 0 radical (unpaired) electrons. The summed E-state index contributed by atoms with van der Waals surface area (Å²) in [6, 6.07) is 7.63. The van der Waals surface area contributed by atoms with E-state index in [1.807, 2.05) is 13.8 Å². The van der Waals surface area contributed by atoms with Gasteiger partial charge in [0.05, 0.1) is 6.10 Å². The molecule has 1 atom stereocenters. The first kappa shape index (κ1) is 15.9. The predicted molar refractivity (Wildman–Crippen MR) is 87.0 cm³/mol. The van der Waals surface area contributed by atoms with Gasteiger partial charge in [0, 0.05) is 11.8 Å². The van der Waals surface area contributed by atoms with Crippen molar-refractivity contribution in [3.05, 3.63) is 48.8 Å². The molecule has 0 saturated heterocycles. The third kappa shape index (κ3) is 3.83. The molecule has 0 amide bonds. The molecule has 124 valence electrons. The Labute approximate surface area is 138 Å². The number of benzene rings is 1. The largest absolute Gasteiger partial charge is 0.474 e. The van der Waals surface area contributed by atoms with E-state index in [1.165, 1.54) is 29.5 Å². The number of halogens is 1. The van der Waals surface area contributed by atoms with Crippen LogP contribution in [0.15, 0.2) is 43.0 Å². The summed E-state index contributed by atoms with van der Waals surface area (Å²) in [6.07, 6.45) is 3.83. The van der Waals surface area contributed by atoms with E-state index in [2.05, 4.69) is 25.4 Å². The summed E-state index contributed by atoms with van der Waals surface area (Å²) in [5.41, 5.74) is 0.668. The molecule has 2 aromatic heterocycles. The lowest BCUT2D eigenvalue weighted by Crippen LogP contribution is -2.13. The second-order valence-corrected chi connectivity index (χ2v) is 5.20. The third-order valence-corrected chi connectivity index (χ3v) is 3.34. The lowest BCUT2D eigenvalue weighted by molar-refractivity contribution is 0.208. The van der Waals surface area contributed by atoms with Gasteiger partial charge >= 0.3 is 0 Å². The maximum absolute atomic E-state index is 13.0. The fourth-order valence-electron chi connectivity index (χ4n) is 1.92. The Bertz CT molecular complexity index is 791. The number of nitrogens with zero attached hydrogens (tertiary/aromatic N) is 5. The van der Waals surface area contributed by atoms with E-state index < -0.39 is 0 Å². The van der Waals surface area contributed by atoms with Crippen LogP contribution in [0.2, 0.25) is 0 Å². The lowest BCUT2D eigenvalue weighted by Gasteiger charge is -2.14. The highest BCUT2D eigenvalue weighted by molar-refractivity contribution is 5.54. The van der Waals surface area contributed by atoms with Gasteiger partial charge in [-0.3, -0.25) is 0 Å². The van der Waals surface area contributed by atoms with Gasteiger partial charge in [0.1, 0.15) is 18.5 Å². The van der Waals surface area contributed by atoms with E-state index in [4.69, 9.17) is 4.74 Å². The Morgan fingerprint density at radius 2 is 2.04 bits per heavy atom. The molecular weight excluding hydrogens is 311 g/mol. The highest BCUT2D eigenvalue weighted by Crippen LogP contribution is 2.20. The lowest BCUT2D eigenvalue weighted by atomic mass is 10.3. The van der Waals surface area contributed by atoms with Crippen LogP contribution in [0.3, 0.4) is 0 Å². The van der Waals surface area contributed by atoms with Crippen LogP contribution in [-0.2, 0) is 0 Å². The first-order valence-corrected chi connectivity index (χ1v) is 7.57. The van der Waals surface area contributed by atoms with Crippen LogP contribution in [0.1, 0.15) is 20.3 Å². The molecule has 0 aliphatic carbocycles. The number of anilines is 2. The number of hydrogen-bond donors (Lipinski definition) is 1. The van der Waals surface area contributed by atoms with Crippen molar-refractivity contribution in [2.45, 2.75) is 26.4 Å². The van der Waals surface area contributed by atoms with Gasteiger partial charge in [0.2, 0.25) is 11.8 Å². The van der Waals surface area contributed by atoms with Crippen molar-refractivity contribution in [2.75, 3.05) is 5.32 Å². The summed E-state index contributed by atoms with van der Waals surface area (Å²) >= 11 is 0. The van der Waals surface area contributed by atoms with E-state index in [1.54, 1.807) is 18.2 Å². The standard InChI is InChI=1S/C16H17FN6O/c1-3-11(2)24-15-8-14(23-10-18-9-19-23)21-16(22-15)20-13-6-4-12(17)5-7-13/h4-11H,3H2,1-2H3,(H,20,21,22). The van der Waals surface area contributed by atoms with Crippen molar-refractivity contribution >= 4 is 11.6 Å². The van der Waals surface area contributed by atoms with Crippen LogP contribution < -0.4 is 10.1 Å². The van der Waals surface area contributed by atoms with Crippen LogP contribution in [0.4, 0.5) is 16.0 Å². The first-order valence-electron chi connectivity index (χ1n) is 7.57. The number of hydrogen-bond acceptors (Lipinski definition) is 6. The molecule has 3 rings (SSSR count). The maximum atomic E-state index is 13.0. The molecule has 0 aliphatic heterocycles. The number of nitrogens with one attached hydrogen (secondary N) is 1. The molecule has 24 heavy (non-hydrogen) atoms. The molecule has 0 spiro atoms. The van der Waals surface area contributed by atoms with E-state index in [-0.39, 0.29) is 11.9 Å². The van der Waals surface area contributed by atoms with Crippen molar-refractivity contribution in [1.82, 2.24) is 24.7 Å². The third-order valence-electron chi connectivity index (χ3n) is 3.34. The van der Waals surface area contributed by atoms with Crippen molar-refractivity contribution in [3.8, 4) is 11.7 Å². The molecule has 1 aromatic carbocycles. The second kappa shape index (κ2) is 7.03.